The van der Waals surface area contributed by atoms with Crippen molar-refractivity contribution in [1.82, 2.24) is 8.80 Å². The molecule has 11 aromatic rings. The third-order valence-corrected chi connectivity index (χ3v) is 32.7. The van der Waals surface area contributed by atoms with Gasteiger partial charge < -0.3 is 8.80 Å². The van der Waals surface area contributed by atoms with Crippen molar-refractivity contribution in [3.05, 3.63) is 140 Å². The van der Waals surface area contributed by atoms with E-state index in [1.807, 2.05) is 0 Å². The molecule has 2 fully saturated rings. The molecule has 21 rings (SSSR count). The molecular weight excluding hydrogens is 1210 g/mol. The van der Waals surface area contributed by atoms with Crippen LogP contribution in [0.5, 0.6) is 0 Å². The second-order valence-electron chi connectivity index (χ2n) is 39.5. The minimum Gasteiger partial charge on any atom is -0.308 e. The minimum absolute atomic E-state index is 0.0516. The number of ketones is 2. The molecule has 100 heavy (non-hydrogen) atoms. The summed E-state index contributed by atoms with van der Waals surface area (Å²) in [4.78, 5) is 31.2. The van der Waals surface area contributed by atoms with Crippen molar-refractivity contribution >= 4 is 87.8 Å². The fourth-order valence-corrected chi connectivity index (χ4v) is 26.8. The van der Waals surface area contributed by atoms with Crippen molar-refractivity contribution in [3.63, 3.8) is 0 Å². The highest BCUT2D eigenvalue weighted by molar-refractivity contribution is 6.31. The quantitative estimate of drug-likeness (QED) is 0.137. The van der Waals surface area contributed by atoms with Crippen LogP contribution in [-0.2, 0) is 54.1 Å². The van der Waals surface area contributed by atoms with E-state index in [-0.39, 0.29) is 65.0 Å². The highest BCUT2D eigenvalue weighted by atomic mass is 16.1. The van der Waals surface area contributed by atoms with Crippen molar-refractivity contribution in [2.75, 3.05) is 0 Å². The first-order valence-corrected chi connectivity index (χ1v) is 40.3. The van der Waals surface area contributed by atoms with E-state index < -0.39 is 0 Å². The summed E-state index contributed by atoms with van der Waals surface area (Å²) < 4.78 is 5.32. The Labute approximate surface area is 596 Å². The number of aromatic nitrogens is 2. The van der Waals surface area contributed by atoms with Gasteiger partial charge in [0.2, 0.25) is 0 Å². The summed E-state index contributed by atoms with van der Waals surface area (Å²) in [6.45, 7) is 50.0. The number of carbonyl (C=O) groups is 2. The summed E-state index contributed by atoms with van der Waals surface area (Å²) in [5, 5.41) is 10.3. The van der Waals surface area contributed by atoms with E-state index in [0.717, 1.165) is 151 Å². The Morgan fingerprint density at radius 1 is 0.280 bits per heavy atom. The van der Waals surface area contributed by atoms with E-state index in [1.54, 1.807) is 44.5 Å². The zero-order valence-electron chi connectivity index (χ0n) is 64.8. The van der Waals surface area contributed by atoms with Gasteiger partial charge in [-0.3, -0.25) is 9.59 Å². The fraction of sp³-hybridized carbons (Fsp3) is 0.542. The molecule has 0 amide bonds. The zero-order valence-corrected chi connectivity index (χ0v) is 64.8. The molecule has 4 heterocycles. The average molecular weight is 1330 g/mol. The van der Waals surface area contributed by atoms with Gasteiger partial charge in [-0.25, -0.2) is 0 Å². The minimum atomic E-state index is -0.365. The van der Waals surface area contributed by atoms with Gasteiger partial charge in [-0.15, -0.1) is 0 Å². The van der Waals surface area contributed by atoms with Crippen LogP contribution in [0.2, 0.25) is 0 Å². The standard InChI is InChI=1S/C96H112N2O2/c1-21-93(22-2)49-85(9,10)77-67(93)47-68-78(86(11,12)50-94(68,23-3)24-4)75(77)53-37-59-55-41-65-63(83(99)91(19)33-29-89(65,17)30-34-91)45-73(55)97-71-44-58-62-40-54(76-79-69(95(25-5,26-6)51-87(79,13)14)48-70-80(76)88(15,16)52-96(70,27-7)28-8)38-60-56-42-66-64(84(100)92(20)35-31-90(66,18)32-36-92)46-74(56)98(82(60)62)72(58)43-57(71)61(39-53)81(59)97/h37-48H,21-36,49-52H2,1-20H3. The number of nitrogens with zero attached hydrogens (tertiary/aromatic N) is 2. The smallest absolute Gasteiger partial charge is 0.169 e. The average Bonchev–Trinajstić information content (AvgIpc) is 1.51. The number of Topliss-reactive ketones (excluding diaryl/α,β-unsaturated/α-hetero) is 2. The molecule has 4 heteroatoms. The number of hydrogen-bond acceptors (Lipinski definition) is 2. The van der Waals surface area contributed by atoms with Crippen LogP contribution in [0, 0.1) is 10.8 Å². The number of rotatable bonds is 10. The largest absolute Gasteiger partial charge is 0.308 e. The molecule has 0 spiro atoms. The zero-order chi connectivity index (χ0) is 70.3. The van der Waals surface area contributed by atoms with Crippen molar-refractivity contribution in [2.24, 2.45) is 10.8 Å². The predicted octanol–water partition coefficient (Wildman–Crippen LogP) is 26.3. The summed E-state index contributed by atoms with van der Waals surface area (Å²) in [6, 6.07) is 31.6. The Morgan fingerprint density at radius 3 is 0.780 bits per heavy atom. The molecule has 4 aromatic heterocycles. The van der Waals surface area contributed by atoms with Gasteiger partial charge in [0.25, 0.3) is 0 Å². The summed E-state index contributed by atoms with van der Waals surface area (Å²) >= 11 is 0. The molecule has 0 saturated heterocycles. The number of hydrogen-bond donors (Lipinski definition) is 0. The lowest BCUT2D eigenvalue weighted by atomic mass is 9.65. The molecule has 2 saturated carbocycles. The van der Waals surface area contributed by atoms with Gasteiger partial charge in [0.05, 0.1) is 33.1 Å². The molecule has 0 N–H and O–H groups in total. The van der Waals surface area contributed by atoms with Crippen LogP contribution in [-0.4, -0.2) is 20.4 Å². The van der Waals surface area contributed by atoms with E-state index in [2.05, 4.69) is 220 Å². The maximum absolute atomic E-state index is 15.6. The molecule has 0 radical (unpaired) electrons. The Hall–Kier alpha value is -6.52. The molecule has 518 valence electrons. The Balaban J connectivity index is 1.00. The molecule has 0 unspecified atom stereocenters. The van der Waals surface area contributed by atoms with Crippen LogP contribution >= 0.6 is 0 Å². The fourth-order valence-electron chi connectivity index (χ4n) is 26.8. The van der Waals surface area contributed by atoms with E-state index >= 15 is 9.59 Å². The van der Waals surface area contributed by atoms with Crippen molar-refractivity contribution < 1.29 is 9.59 Å². The van der Waals surface area contributed by atoms with Crippen LogP contribution in [0.15, 0.2) is 72.8 Å². The third kappa shape index (κ3) is 7.43. The van der Waals surface area contributed by atoms with Gasteiger partial charge >= 0.3 is 0 Å². The third-order valence-electron chi connectivity index (χ3n) is 32.7. The molecule has 7 aromatic carbocycles. The van der Waals surface area contributed by atoms with Gasteiger partial charge in [0.15, 0.2) is 11.6 Å². The topological polar surface area (TPSA) is 43.0 Å². The first-order valence-electron chi connectivity index (χ1n) is 40.3. The Kier molecular flexibility index (Phi) is 12.5. The molecule has 0 atom stereocenters. The first kappa shape index (κ1) is 64.3. The van der Waals surface area contributed by atoms with Gasteiger partial charge in [-0.05, 0) is 321 Å². The summed E-state index contributed by atoms with van der Waals surface area (Å²) in [6.07, 6.45) is 21.6. The Bertz CT molecular complexity index is 5070. The van der Waals surface area contributed by atoms with Crippen molar-refractivity contribution in [3.8, 4) is 22.3 Å². The molecule has 0 aliphatic heterocycles. The summed E-state index contributed by atoms with van der Waals surface area (Å²) in [7, 11) is 0. The molecule has 10 aliphatic carbocycles. The number of benzene rings is 7. The van der Waals surface area contributed by atoms with Crippen LogP contribution in [0.4, 0.5) is 0 Å². The van der Waals surface area contributed by atoms with E-state index in [1.165, 1.54) is 98.5 Å². The van der Waals surface area contributed by atoms with E-state index in [4.69, 9.17) is 0 Å². The SMILES string of the molecule is CCC1(CC)CC(C)(C)c2c1cc1c(c2-c2cc3c4cc5c(cc4n4c6cc7c8cc(-c9c%10c(cc%11c9C(C)(C)CC%11(CC)CC)C(CC)(CC)CC%10(C)C)cc9c%10cc%11c(cc%10n(c7cc6c(c2)c34)c98)C(=O)C2(C)CCC%11(C)CC2)C(=O)C2(C)CCC5(C)CC2)C(C)(C)CC1(CC)CC. The Morgan fingerprint density at radius 2 is 0.520 bits per heavy atom. The van der Waals surface area contributed by atoms with Crippen LogP contribution in [0.3, 0.4) is 0 Å². The van der Waals surface area contributed by atoms with E-state index in [9.17, 15) is 0 Å². The lowest BCUT2D eigenvalue weighted by Gasteiger charge is -2.38. The second-order valence-corrected chi connectivity index (χ2v) is 39.5. The lowest BCUT2D eigenvalue weighted by Crippen LogP contribution is -2.33. The van der Waals surface area contributed by atoms with Crippen molar-refractivity contribution in [1.29, 1.82) is 0 Å². The maximum atomic E-state index is 15.6. The van der Waals surface area contributed by atoms with Gasteiger partial charge in [-0.1, -0.05) is 151 Å². The first-order chi connectivity index (χ1) is 47.2. The highest BCUT2D eigenvalue weighted by Crippen LogP contribution is 2.68. The van der Waals surface area contributed by atoms with Crippen LogP contribution in [0.1, 0.15) is 343 Å². The van der Waals surface area contributed by atoms with Crippen molar-refractivity contribution in [2.45, 2.75) is 321 Å². The molecular formula is C96H112N2O2. The lowest BCUT2D eigenvalue weighted by molar-refractivity contribution is 0.0726. The monoisotopic (exact) mass is 1320 g/mol. The summed E-state index contributed by atoms with van der Waals surface area (Å²) in [5.41, 5.74) is 29.7. The van der Waals surface area contributed by atoms with E-state index in [0.29, 0.717) is 11.6 Å². The second kappa shape index (κ2) is 19.4. The van der Waals surface area contributed by atoms with Gasteiger partial charge in [0, 0.05) is 65.0 Å². The van der Waals surface area contributed by atoms with Crippen LogP contribution in [0.25, 0.3) is 98.4 Å². The molecule has 4 nitrogen and oxygen atoms in total. The number of fused-ring (bicyclic) bond motifs is 20. The van der Waals surface area contributed by atoms with Gasteiger partial charge in [0.1, 0.15) is 0 Å². The highest BCUT2D eigenvalue weighted by Gasteiger charge is 2.58. The van der Waals surface area contributed by atoms with Crippen LogP contribution < -0.4 is 0 Å². The molecule has 10 aliphatic rings. The maximum Gasteiger partial charge on any atom is 0.169 e. The summed E-state index contributed by atoms with van der Waals surface area (Å²) in [5.74, 6) is 0.686. The normalized spacial score (nSPS) is 27.3. The van der Waals surface area contributed by atoms with Gasteiger partial charge in [-0.2, -0.15) is 0 Å². The number of carbonyl (C=O) groups excluding carboxylic acids is 2. The molecule has 4 bridgehead atoms. The predicted molar refractivity (Wildman–Crippen MR) is 423 cm³/mol.